The molecule has 0 saturated carbocycles. The number of hydrogen-bond donors (Lipinski definition) is 3. The van der Waals surface area contributed by atoms with Crippen LogP contribution >= 0.6 is 0 Å². The van der Waals surface area contributed by atoms with Crippen molar-refractivity contribution in [3.63, 3.8) is 0 Å². The van der Waals surface area contributed by atoms with Crippen LogP contribution in [0.25, 0.3) is 34.4 Å². The average molecular weight is 406 g/mol. The van der Waals surface area contributed by atoms with Gasteiger partial charge in [0.05, 0.1) is 5.69 Å². The molecule has 8 heteroatoms. The van der Waals surface area contributed by atoms with E-state index in [0.717, 1.165) is 37.3 Å². The van der Waals surface area contributed by atoms with E-state index in [-0.39, 0.29) is 5.82 Å². The van der Waals surface area contributed by atoms with E-state index >= 15 is 0 Å². The highest BCUT2D eigenvalue weighted by atomic mass is 19.1. The van der Waals surface area contributed by atoms with Gasteiger partial charge in [0.25, 0.3) is 0 Å². The Balaban J connectivity index is 1.48. The lowest BCUT2D eigenvalue weighted by Crippen LogP contribution is -2.27. The van der Waals surface area contributed by atoms with Crippen molar-refractivity contribution in [3.8, 4) is 11.4 Å². The summed E-state index contributed by atoms with van der Waals surface area (Å²) < 4.78 is 27.8. The van der Waals surface area contributed by atoms with Gasteiger partial charge in [-0.05, 0) is 61.8 Å². The van der Waals surface area contributed by atoms with Crippen molar-refractivity contribution in [3.05, 3.63) is 65.1 Å². The minimum atomic E-state index is -0.406. The largest absolute Gasteiger partial charge is 0.325 e. The molecular weight excluding hydrogens is 386 g/mol. The van der Waals surface area contributed by atoms with Crippen LogP contribution in [0.5, 0.6) is 0 Å². The molecule has 3 heterocycles. The zero-order chi connectivity index (χ0) is 20.5. The normalized spacial score (nSPS) is 15.4. The van der Waals surface area contributed by atoms with Crippen molar-refractivity contribution in [2.24, 2.45) is 0 Å². The van der Waals surface area contributed by atoms with Crippen molar-refractivity contribution in [1.29, 1.82) is 0 Å². The molecule has 2 aromatic carbocycles. The molecule has 0 radical (unpaired) electrons. The molecule has 0 spiro atoms. The number of rotatable bonds is 4. The Morgan fingerprint density at radius 1 is 0.967 bits per heavy atom. The van der Waals surface area contributed by atoms with Crippen molar-refractivity contribution in [2.45, 2.75) is 18.8 Å². The molecule has 0 bridgehead atoms. The van der Waals surface area contributed by atoms with E-state index in [9.17, 15) is 8.78 Å². The minimum Gasteiger partial charge on any atom is -0.325 e. The first-order chi connectivity index (χ1) is 14.7. The van der Waals surface area contributed by atoms with Gasteiger partial charge >= 0.3 is 0 Å². The van der Waals surface area contributed by atoms with Gasteiger partial charge in [-0.1, -0.05) is 18.2 Å². The number of halogens is 2. The first kappa shape index (κ1) is 18.6. The molecule has 0 atom stereocenters. The van der Waals surface area contributed by atoms with E-state index in [4.69, 9.17) is 0 Å². The van der Waals surface area contributed by atoms with Gasteiger partial charge in [-0.25, -0.2) is 8.78 Å². The highest BCUT2D eigenvalue weighted by Gasteiger charge is 2.20. The molecule has 152 valence electrons. The lowest BCUT2D eigenvalue weighted by Gasteiger charge is -2.19. The predicted octanol–water partition coefficient (Wildman–Crippen LogP) is 4.26. The van der Waals surface area contributed by atoms with Gasteiger partial charge < -0.3 is 10.3 Å². The van der Waals surface area contributed by atoms with Gasteiger partial charge in [0.1, 0.15) is 23.0 Å². The Morgan fingerprint density at radius 2 is 1.77 bits per heavy atom. The molecule has 3 N–H and O–H groups in total. The number of aromatic nitrogens is 5. The van der Waals surface area contributed by atoms with Crippen LogP contribution in [0.15, 0.2) is 36.4 Å². The number of benzene rings is 2. The topological polar surface area (TPSA) is 82.3 Å². The molecule has 1 saturated heterocycles. The Bertz CT molecular complexity index is 1200. The van der Waals surface area contributed by atoms with Crippen molar-refractivity contribution >= 4 is 23.1 Å². The van der Waals surface area contributed by atoms with Gasteiger partial charge in [0, 0.05) is 16.9 Å². The Kier molecular flexibility index (Phi) is 4.84. The Hall–Kier alpha value is -3.39. The van der Waals surface area contributed by atoms with Crippen molar-refractivity contribution in [1.82, 2.24) is 30.7 Å². The number of H-pyrrole nitrogens is 2. The van der Waals surface area contributed by atoms with E-state index in [1.54, 1.807) is 18.2 Å². The molecular formula is C22H20F2N6. The Labute approximate surface area is 171 Å². The molecule has 1 fully saturated rings. The highest BCUT2D eigenvalue weighted by molar-refractivity contribution is 5.92. The van der Waals surface area contributed by atoms with Crippen LogP contribution in [0.2, 0.25) is 0 Å². The van der Waals surface area contributed by atoms with Crippen LogP contribution in [0, 0.1) is 11.6 Å². The second-order valence-corrected chi connectivity index (χ2v) is 7.46. The van der Waals surface area contributed by atoms with E-state index in [2.05, 4.69) is 30.7 Å². The molecule has 0 aliphatic carbocycles. The Morgan fingerprint density at radius 3 is 2.57 bits per heavy atom. The number of nitrogens with zero attached hydrogens (tertiary/aromatic N) is 3. The van der Waals surface area contributed by atoms with Gasteiger partial charge in [0.2, 0.25) is 0 Å². The van der Waals surface area contributed by atoms with Crippen LogP contribution in [0.3, 0.4) is 0 Å². The molecule has 1 aliphatic heterocycles. The van der Waals surface area contributed by atoms with E-state index < -0.39 is 5.82 Å². The summed E-state index contributed by atoms with van der Waals surface area (Å²) in [5, 5.41) is 19.5. The van der Waals surface area contributed by atoms with E-state index in [1.165, 1.54) is 18.2 Å². The summed E-state index contributed by atoms with van der Waals surface area (Å²) in [5.41, 5.74) is 2.36. The van der Waals surface area contributed by atoms with Crippen LogP contribution in [0.4, 0.5) is 8.78 Å². The fourth-order valence-corrected chi connectivity index (χ4v) is 3.80. The maximum absolute atomic E-state index is 14.7. The molecule has 30 heavy (non-hydrogen) atoms. The SMILES string of the molecule is Fc1ccc(C=Cc2n[nH]c3c(F)cc(-c4nnc(C5CCNCC5)[nH]4)cc23)cc1. The molecule has 0 amide bonds. The minimum absolute atomic E-state index is 0.292. The van der Waals surface area contributed by atoms with Gasteiger partial charge in [-0.3, -0.25) is 5.10 Å². The highest BCUT2D eigenvalue weighted by Crippen LogP contribution is 2.29. The molecule has 4 aromatic rings. The monoisotopic (exact) mass is 406 g/mol. The zero-order valence-electron chi connectivity index (χ0n) is 16.1. The second-order valence-electron chi connectivity index (χ2n) is 7.46. The number of nitrogens with one attached hydrogen (secondary N) is 3. The van der Waals surface area contributed by atoms with Crippen LogP contribution in [-0.4, -0.2) is 38.5 Å². The van der Waals surface area contributed by atoms with Crippen molar-refractivity contribution in [2.75, 3.05) is 13.1 Å². The van der Waals surface area contributed by atoms with Crippen LogP contribution < -0.4 is 5.32 Å². The zero-order valence-corrected chi connectivity index (χ0v) is 16.1. The number of aromatic amines is 2. The molecule has 0 unspecified atom stereocenters. The fraction of sp³-hybridized carbons (Fsp3) is 0.227. The van der Waals surface area contributed by atoms with Gasteiger partial charge in [-0.2, -0.15) is 5.10 Å². The predicted molar refractivity (Wildman–Crippen MR) is 112 cm³/mol. The first-order valence-corrected chi connectivity index (χ1v) is 9.92. The summed E-state index contributed by atoms with van der Waals surface area (Å²) >= 11 is 0. The van der Waals surface area contributed by atoms with Gasteiger partial charge in [0.15, 0.2) is 5.82 Å². The quantitative estimate of drug-likeness (QED) is 0.473. The summed E-state index contributed by atoms with van der Waals surface area (Å²) in [6.45, 7) is 1.92. The number of fused-ring (bicyclic) bond motifs is 1. The lowest BCUT2D eigenvalue weighted by molar-refractivity contribution is 0.446. The number of hydrogen-bond acceptors (Lipinski definition) is 4. The summed E-state index contributed by atoms with van der Waals surface area (Å²) in [4.78, 5) is 3.27. The van der Waals surface area contributed by atoms with Crippen molar-refractivity contribution < 1.29 is 8.78 Å². The third kappa shape index (κ3) is 3.61. The third-order valence-electron chi connectivity index (χ3n) is 5.46. The molecule has 6 nitrogen and oxygen atoms in total. The smallest absolute Gasteiger partial charge is 0.161 e. The number of piperidine rings is 1. The first-order valence-electron chi connectivity index (χ1n) is 9.92. The van der Waals surface area contributed by atoms with Crippen LogP contribution in [0.1, 0.15) is 35.8 Å². The lowest BCUT2D eigenvalue weighted by atomic mass is 9.98. The molecule has 5 rings (SSSR count). The fourth-order valence-electron chi connectivity index (χ4n) is 3.80. The van der Waals surface area contributed by atoms with Gasteiger partial charge in [-0.15, -0.1) is 10.2 Å². The average Bonchev–Trinajstić information content (AvgIpc) is 3.42. The van der Waals surface area contributed by atoms with E-state index in [1.807, 2.05) is 12.1 Å². The standard InChI is InChI=1S/C22H20F2N6/c23-16-4-1-13(2-5-16)3-6-19-17-11-15(12-18(24)20(17)28-27-19)22-26-21(29-30-22)14-7-9-25-10-8-14/h1-6,11-12,14,25H,7-10H2,(H,27,28)(H,26,29,30). The molecule has 1 aliphatic rings. The summed E-state index contributed by atoms with van der Waals surface area (Å²) in [6.07, 6.45) is 5.59. The second kappa shape index (κ2) is 7.79. The third-order valence-corrected chi connectivity index (χ3v) is 5.46. The summed E-state index contributed by atoms with van der Waals surface area (Å²) in [6, 6.07) is 9.40. The summed E-state index contributed by atoms with van der Waals surface area (Å²) in [7, 11) is 0. The van der Waals surface area contributed by atoms with E-state index in [0.29, 0.717) is 33.9 Å². The maximum Gasteiger partial charge on any atom is 0.161 e. The summed E-state index contributed by atoms with van der Waals surface area (Å²) in [5.74, 6) is 1.02. The molecule has 2 aromatic heterocycles. The maximum atomic E-state index is 14.7. The van der Waals surface area contributed by atoms with Crippen LogP contribution in [-0.2, 0) is 0 Å².